The van der Waals surface area contributed by atoms with Crippen molar-refractivity contribution < 1.29 is 19.7 Å². The van der Waals surface area contributed by atoms with Gasteiger partial charge < -0.3 is 14.9 Å². The van der Waals surface area contributed by atoms with Crippen molar-refractivity contribution in [3.63, 3.8) is 0 Å². The van der Waals surface area contributed by atoms with Gasteiger partial charge in [0.25, 0.3) is 0 Å². The van der Waals surface area contributed by atoms with Crippen LogP contribution in [0.3, 0.4) is 0 Å². The van der Waals surface area contributed by atoms with E-state index in [0.29, 0.717) is 24.5 Å². The molecule has 0 heterocycles. The van der Waals surface area contributed by atoms with Gasteiger partial charge in [0.05, 0.1) is 6.61 Å². The van der Waals surface area contributed by atoms with Crippen LogP contribution in [0.5, 0.6) is 11.5 Å². The predicted octanol–water partition coefficient (Wildman–Crippen LogP) is 9.73. The number of benzene rings is 2. The third-order valence-electron chi connectivity index (χ3n) is 6.41. The lowest BCUT2D eigenvalue weighted by atomic mass is 10.1. The van der Waals surface area contributed by atoms with E-state index in [1.807, 2.05) is 52.0 Å². The van der Waals surface area contributed by atoms with Crippen molar-refractivity contribution in [2.75, 3.05) is 6.61 Å². The Bertz CT molecular complexity index is 837. The molecule has 0 bridgehead atoms. The van der Waals surface area contributed by atoms with Crippen LogP contribution < -0.4 is 0 Å². The third-order valence-corrected chi connectivity index (χ3v) is 7.35. The second-order valence-corrected chi connectivity index (χ2v) is 11.2. The number of ether oxygens (including phenoxy) is 1. The summed E-state index contributed by atoms with van der Waals surface area (Å²) >= 11 is 1.64. The van der Waals surface area contributed by atoms with Crippen molar-refractivity contribution in [3.8, 4) is 11.5 Å². The van der Waals surface area contributed by atoms with Gasteiger partial charge in [0.2, 0.25) is 0 Å². The molecular weight excluding hydrogens is 480 g/mol. The largest absolute Gasteiger partial charge is 0.507 e. The molecule has 0 amide bonds. The summed E-state index contributed by atoms with van der Waals surface area (Å²) in [7, 11) is 0. The van der Waals surface area contributed by atoms with E-state index in [4.69, 9.17) is 4.74 Å². The first-order valence-corrected chi connectivity index (χ1v) is 14.9. The fraction of sp³-hybridized carbons (Fsp3) is 0.594. The Hall–Kier alpha value is -2.14. The van der Waals surface area contributed by atoms with Gasteiger partial charge >= 0.3 is 5.97 Å². The molecular formula is C32H50O4S. The topological polar surface area (TPSA) is 66.8 Å². The van der Waals surface area contributed by atoms with Crippen LogP contribution in [0.1, 0.15) is 113 Å². The Balaban J connectivity index is 0.000000371. The van der Waals surface area contributed by atoms with Crippen molar-refractivity contribution in [2.45, 2.75) is 128 Å². The molecule has 0 spiro atoms. The fourth-order valence-corrected chi connectivity index (χ4v) is 5.28. The monoisotopic (exact) mass is 530 g/mol. The third kappa shape index (κ3) is 13.8. The maximum Gasteiger partial charge on any atom is 0.305 e. The van der Waals surface area contributed by atoms with Crippen LogP contribution in [-0.4, -0.2) is 22.8 Å². The summed E-state index contributed by atoms with van der Waals surface area (Å²) in [6.07, 6.45) is 14.3. The van der Waals surface area contributed by atoms with E-state index in [0.717, 1.165) is 51.3 Å². The number of rotatable bonds is 15. The molecule has 0 aliphatic rings. The number of hydrogen-bond acceptors (Lipinski definition) is 5. The summed E-state index contributed by atoms with van der Waals surface area (Å²) < 4.78 is 5.12. The second-order valence-electron chi connectivity index (χ2n) is 10.1. The standard InChI is InChI=1S/C16H18O2S.C16H32O2/c1-9-5-13(6-10(2)15(9)17)19-14-7-11(3)16(18)12(4)8-14;1-3-5-7-8-9-10-11-12-13-14-16(17)18-15-6-4-2/h5-8,17-18H,1-4H3;3-15H2,1-2H3. The molecule has 0 unspecified atom stereocenters. The maximum atomic E-state index is 11.3. The smallest absolute Gasteiger partial charge is 0.305 e. The van der Waals surface area contributed by atoms with Crippen LogP contribution >= 0.6 is 11.8 Å². The highest BCUT2D eigenvalue weighted by Crippen LogP contribution is 2.35. The van der Waals surface area contributed by atoms with Gasteiger partial charge in [0.1, 0.15) is 11.5 Å². The van der Waals surface area contributed by atoms with Gasteiger partial charge in [-0.05, 0) is 87.1 Å². The van der Waals surface area contributed by atoms with Gasteiger partial charge in [-0.25, -0.2) is 0 Å². The molecule has 208 valence electrons. The van der Waals surface area contributed by atoms with Gasteiger partial charge in [-0.3, -0.25) is 4.79 Å². The Labute approximate surface area is 230 Å². The average Bonchev–Trinajstić information content (AvgIpc) is 2.85. The Morgan fingerprint density at radius 2 is 1.03 bits per heavy atom. The molecule has 0 fully saturated rings. The van der Waals surface area contributed by atoms with E-state index in [-0.39, 0.29) is 5.97 Å². The van der Waals surface area contributed by atoms with E-state index < -0.39 is 0 Å². The minimum absolute atomic E-state index is 0.00797. The van der Waals surface area contributed by atoms with Crippen molar-refractivity contribution in [3.05, 3.63) is 46.5 Å². The highest BCUT2D eigenvalue weighted by molar-refractivity contribution is 7.99. The van der Waals surface area contributed by atoms with E-state index >= 15 is 0 Å². The molecule has 0 atom stereocenters. The molecule has 5 heteroatoms. The van der Waals surface area contributed by atoms with Gasteiger partial charge in [-0.2, -0.15) is 0 Å². The minimum atomic E-state index is -0.00797. The molecule has 2 N–H and O–H groups in total. The molecule has 0 radical (unpaired) electrons. The summed E-state index contributed by atoms with van der Waals surface area (Å²) in [5.41, 5.74) is 3.54. The van der Waals surface area contributed by atoms with Crippen LogP contribution in [0, 0.1) is 27.7 Å². The molecule has 2 aromatic carbocycles. The number of aryl methyl sites for hydroxylation is 4. The molecule has 2 aromatic rings. The minimum Gasteiger partial charge on any atom is -0.507 e. The van der Waals surface area contributed by atoms with E-state index in [1.165, 1.54) is 51.4 Å². The molecule has 0 aromatic heterocycles. The van der Waals surface area contributed by atoms with Gasteiger partial charge in [-0.1, -0.05) is 83.4 Å². The lowest BCUT2D eigenvalue weighted by Crippen LogP contribution is -2.05. The summed E-state index contributed by atoms with van der Waals surface area (Å²) in [4.78, 5) is 13.5. The molecule has 0 aliphatic carbocycles. The summed E-state index contributed by atoms with van der Waals surface area (Å²) in [6, 6.07) is 7.91. The van der Waals surface area contributed by atoms with Gasteiger partial charge in [0, 0.05) is 16.2 Å². The molecule has 37 heavy (non-hydrogen) atoms. The number of carbonyl (C=O) groups is 1. The Kier molecular flexibility index (Phi) is 16.9. The molecule has 2 rings (SSSR count). The van der Waals surface area contributed by atoms with Crippen LogP contribution in [0.15, 0.2) is 34.1 Å². The van der Waals surface area contributed by atoms with E-state index in [9.17, 15) is 15.0 Å². The lowest BCUT2D eigenvalue weighted by molar-refractivity contribution is -0.143. The number of esters is 1. The van der Waals surface area contributed by atoms with Crippen molar-refractivity contribution in [1.29, 1.82) is 0 Å². The quantitative estimate of drug-likeness (QED) is 0.177. The second kappa shape index (κ2) is 19.0. The highest BCUT2D eigenvalue weighted by Gasteiger charge is 2.08. The highest BCUT2D eigenvalue weighted by atomic mass is 32.2. The van der Waals surface area contributed by atoms with Crippen LogP contribution in [0.25, 0.3) is 0 Å². The maximum absolute atomic E-state index is 11.3. The molecule has 4 nitrogen and oxygen atoms in total. The zero-order valence-electron chi connectivity index (χ0n) is 24.1. The number of phenolic OH excluding ortho intramolecular Hbond substituents is 2. The van der Waals surface area contributed by atoms with Gasteiger partial charge in [-0.15, -0.1) is 0 Å². The first-order chi connectivity index (χ1) is 17.7. The normalized spacial score (nSPS) is 10.6. The lowest BCUT2D eigenvalue weighted by Gasteiger charge is -2.10. The summed E-state index contributed by atoms with van der Waals surface area (Å²) in [6.45, 7) is 12.6. The van der Waals surface area contributed by atoms with Crippen LogP contribution in [0.4, 0.5) is 0 Å². The zero-order valence-corrected chi connectivity index (χ0v) is 24.9. The predicted molar refractivity (Wildman–Crippen MR) is 157 cm³/mol. The van der Waals surface area contributed by atoms with Crippen molar-refractivity contribution in [1.82, 2.24) is 0 Å². The number of phenols is 2. The first kappa shape index (κ1) is 32.9. The Morgan fingerprint density at radius 3 is 1.43 bits per heavy atom. The molecule has 0 aliphatic heterocycles. The summed E-state index contributed by atoms with van der Waals surface area (Å²) in [5.74, 6) is 0.719. The number of unbranched alkanes of at least 4 members (excludes halogenated alkanes) is 9. The number of hydrogen-bond donors (Lipinski definition) is 2. The SMILES string of the molecule is CCCCCCCCCCCC(=O)OCCCC.Cc1cc(Sc2cc(C)c(O)c(C)c2)cc(C)c1O. The molecule has 0 saturated carbocycles. The average molecular weight is 531 g/mol. The fourth-order valence-electron chi connectivity index (χ4n) is 4.07. The van der Waals surface area contributed by atoms with Crippen LogP contribution in [-0.2, 0) is 9.53 Å². The Morgan fingerprint density at radius 1 is 0.649 bits per heavy atom. The number of carbonyl (C=O) groups excluding carboxylic acids is 1. The van der Waals surface area contributed by atoms with Crippen molar-refractivity contribution >= 4 is 17.7 Å². The zero-order chi connectivity index (χ0) is 27.6. The first-order valence-electron chi connectivity index (χ1n) is 14.1. The van der Waals surface area contributed by atoms with Crippen molar-refractivity contribution in [2.24, 2.45) is 0 Å². The van der Waals surface area contributed by atoms with Gasteiger partial charge in [0.15, 0.2) is 0 Å². The molecule has 0 saturated heterocycles. The number of aromatic hydroxyl groups is 2. The summed E-state index contributed by atoms with van der Waals surface area (Å²) in [5, 5.41) is 19.6. The van der Waals surface area contributed by atoms with E-state index in [1.54, 1.807) is 11.8 Å². The van der Waals surface area contributed by atoms with Crippen LogP contribution in [0.2, 0.25) is 0 Å². The van der Waals surface area contributed by atoms with E-state index in [2.05, 4.69) is 13.8 Å².